The molecule has 0 aromatic carbocycles. The van der Waals surface area contributed by atoms with Crippen LogP contribution in [-0.4, -0.2) is 50.2 Å². The van der Waals surface area contributed by atoms with Crippen molar-refractivity contribution in [1.29, 1.82) is 0 Å². The monoisotopic (exact) mass is 197 g/mol. The van der Waals surface area contributed by atoms with Crippen molar-refractivity contribution in [3.05, 3.63) is 0 Å². The summed E-state index contributed by atoms with van der Waals surface area (Å²) in [6, 6.07) is 0. The summed E-state index contributed by atoms with van der Waals surface area (Å²) >= 11 is 0. The largest absolute Gasteiger partial charge is 0.471 e. The number of halogens is 3. The minimum atomic E-state index is -4.72. The first kappa shape index (κ1) is 10.3. The lowest BCUT2D eigenvalue weighted by atomic mass is 10.3. The van der Waals surface area contributed by atoms with Crippen molar-refractivity contribution in [1.82, 2.24) is 4.90 Å². The highest BCUT2D eigenvalue weighted by molar-refractivity contribution is 5.81. The van der Waals surface area contributed by atoms with E-state index in [-0.39, 0.29) is 13.1 Å². The number of quaternary nitrogens is 1. The number of carbonyl (C=O) groups excluding carboxylic acids is 1. The van der Waals surface area contributed by atoms with E-state index in [0.29, 0.717) is 13.1 Å². The lowest BCUT2D eigenvalue weighted by Crippen LogP contribution is -3.12. The Labute approximate surface area is 74.1 Å². The quantitative estimate of drug-likeness (QED) is 0.524. The minimum Gasteiger partial charge on any atom is -0.334 e. The van der Waals surface area contributed by atoms with Crippen LogP contribution in [-0.2, 0) is 4.79 Å². The van der Waals surface area contributed by atoms with Gasteiger partial charge in [-0.2, -0.15) is 13.2 Å². The van der Waals surface area contributed by atoms with Crippen molar-refractivity contribution in [3.8, 4) is 0 Å². The molecule has 0 aliphatic carbocycles. The molecule has 13 heavy (non-hydrogen) atoms. The second kappa shape index (κ2) is 3.53. The average molecular weight is 197 g/mol. The van der Waals surface area contributed by atoms with Gasteiger partial charge < -0.3 is 9.80 Å². The van der Waals surface area contributed by atoms with E-state index in [2.05, 4.69) is 0 Å². The first-order valence-corrected chi connectivity index (χ1v) is 4.08. The van der Waals surface area contributed by atoms with Gasteiger partial charge in [-0.25, -0.2) is 0 Å². The van der Waals surface area contributed by atoms with Crippen LogP contribution in [0.15, 0.2) is 0 Å². The van der Waals surface area contributed by atoms with Crippen LogP contribution < -0.4 is 4.90 Å². The Bertz CT molecular complexity index is 196. The number of piperazine rings is 1. The van der Waals surface area contributed by atoms with Crippen LogP contribution in [0.3, 0.4) is 0 Å². The van der Waals surface area contributed by atoms with Crippen molar-refractivity contribution in [2.24, 2.45) is 0 Å². The van der Waals surface area contributed by atoms with Crippen LogP contribution in [0.25, 0.3) is 0 Å². The molecule has 1 amide bonds. The molecule has 1 saturated heterocycles. The molecule has 0 aromatic rings. The first-order valence-electron chi connectivity index (χ1n) is 4.08. The van der Waals surface area contributed by atoms with Gasteiger partial charge in [-0.3, -0.25) is 4.79 Å². The molecule has 0 spiro atoms. The summed E-state index contributed by atoms with van der Waals surface area (Å²) in [7, 11) is 1.90. The number of hydrogen-bond donors (Lipinski definition) is 1. The summed E-state index contributed by atoms with van der Waals surface area (Å²) in [5.74, 6) is -1.71. The highest BCUT2D eigenvalue weighted by atomic mass is 19.4. The van der Waals surface area contributed by atoms with Gasteiger partial charge in [0.25, 0.3) is 0 Å². The van der Waals surface area contributed by atoms with Gasteiger partial charge in [-0.1, -0.05) is 0 Å². The molecule has 76 valence electrons. The van der Waals surface area contributed by atoms with Crippen molar-refractivity contribution >= 4 is 5.91 Å². The number of likely N-dealkylation sites (N-methyl/N-ethyl adjacent to an activating group) is 1. The predicted molar refractivity (Wildman–Crippen MR) is 39.3 cm³/mol. The van der Waals surface area contributed by atoms with E-state index in [1.54, 1.807) is 0 Å². The molecule has 1 heterocycles. The molecule has 1 aliphatic rings. The minimum absolute atomic E-state index is 0.199. The van der Waals surface area contributed by atoms with E-state index in [1.165, 1.54) is 0 Å². The molecule has 3 nitrogen and oxygen atoms in total. The van der Waals surface area contributed by atoms with Gasteiger partial charge >= 0.3 is 12.1 Å². The molecule has 0 aromatic heterocycles. The maximum atomic E-state index is 11.9. The average Bonchev–Trinajstić information content (AvgIpc) is 2.03. The highest BCUT2D eigenvalue weighted by Crippen LogP contribution is 2.18. The number of nitrogens with zero attached hydrogens (tertiary/aromatic N) is 1. The molecule has 6 heteroatoms. The van der Waals surface area contributed by atoms with Gasteiger partial charge in [-0.15, -0.1) is 0 Å². The Morgan fingerprint density at radius 3 is 2.15 bits per heavy atom. The van der Waals surface area contributed by atoms with Crippen LogP contribution in [0.5, 0.6) is 0 Å². The summed E-state index contributed by atoms with van der Waals surface area (Å²) < 4.78 is 35.8. The standard InChI is InChI=1S/C7H11F3N2O/c1-11-2-4-12(5-3-11)6(13)7(8,9)10/h2-5H2,1H3/p+1. The van der Waals surface area contributed by atoms with Crippen molar-refractivity contribution in [3.63, 3.8) is 0 Å². The molecule has 0 unspecified atom stereocenters. The maximum absolute atomic E-state index is 11.9. The molecule has 0 bridgehead atoms. The van der Waals surface area contributed by atoms with Crippen LogP contribution in [0, 0.1) is 0 Å². The summed E-state index contributed by atoms with van der Waals surface area (Å²) in [5.41, 5.74) is 0. The maximum Gasteiger partial charge on any atom is 0.471 e. The van der Waals surface area contributed by atoms with Gasteiger partial charge in [0, 0.05) is 0 Å². The zero-order valence-corrected chi connectivity index (χ0v) is 7.32. The second-order valence-electron chi connectivity index (χ2n) is 3.25. The Balaban J connectivity index is 2.50. The van der Waals surface area contributed by atoms with E-state index in [4.69, 9.17) is 0 Å². The summed E-state index contributed by atoms with van der Waals surface area (Å²) in [6.07, 6.45) is -4.72. The SMILES string of the molecule is C[NH+]1CCN(C(=O)C(F)(F)F)CC1. The fourth-order valence-corrected chi connectivity index (χ4v) is 1.27. The molecule has 0 saturated carbocycles. The van der Waals surface area contributed by atoms with E-state index in [9.17, 15) is 18.0 Å². The van der Waals surface area contributed by atoms with Gasteiger partial charge in [0.15, 0.2) is 0 Å². The number of hydrogen-bond acceptors (Lipinski definition) is 1. The number of carbonyl (C=O) groups is 1. The number of rotatable bonds is 0. The summed E-state index contributed by atoms with van der Waals surface area (Å²) in [4.78, 5) is 12.7. The third kappa shape index (κ3) is 2.58. The van der Waals surface area contributed by atoms with Gasteiger partial charge in [0.05, 0.1) is 33.2 Å². The summed E-state index contributed by atoms with van der Waals surface area (Å²) in [5, 5.41) is 0. The van der Waals surface area contributed by atoms with Crippen molar-refractivity contribution in [2.75, 3.05) is 33.2 Å². The fourth-order valence-electron chi connectivity index (χ4n) is 1.27. The first-order chi connectivity index (χ1) is 5.91. The molecule has 1 rings (SSSR count). The lowest BCUT2D eigenvalue weighted by molar-refractivity contribution is -0.883. The van der Waals surface area contributed by atoms with Crippen LogP contribution in [0.2, 0.25) is 0 Å². The molecular formula is C7H12F3N2O+. The Morgan fingerprint density at radius 2 is 1.77 bits per heavy atom. The van der Waals surface area contributed by atoms with Crippen molar-refractivity contribution < 1.29 is 22.9 Å². The molecule has 0 atom stereocenters. The van der Waals surface area contributed by atoms with E-state index in [0.717, 1.165) is 9.80 Å². The Kier molecular flexibility index (Phi) is 2.80. The van der Waals surface area contributed by atoms with Crippen LogP contribution in [0.1, 0.15) is 0 Å². The highest BCUT2D eigenvalue weighted by Gasteiger charge is 2.43. The lowest BCUT2D eigenvalue weighted by Gasteiger charge is -2.30. The third-order valence-corrected chi connectivity index (χ3v) is 2.15. The smallest absolute Gasteiger partial charge is 0.334 e. The van der Waals surface area contributed by atoms with Crippen LogP contribution >= 0.6 is 0 Å². The van der Waals surface area contributed by atoms with Gasteiger partial charge in [0.1, 0.15) is 0 Å². The van der Waals surface area contributed by atoms with E-state index >= 15 is 0 Å². The molecule has 0 radical (unpaired) electrons. The zero-order valence-electron chi connectivity index (χ0n) is 7.32. The fraction of sp³-hybridized carbons (Fsp3) is 0.857. The predicted octanol–water partition coefficient (Wildman–Crippen LogP) is -1.09. The Morgan fingerprint density at radius 1 is 1.31 bits per heavy atom. The third-order valence-electron chi connectivity index (χ3n) is 2.15. The van der Waals surface area contributed by atoms with Crippen LogP contribution in [0.4, 0.5) is 13.2 Å². The van der Waals surface area contributed by atoms with E-state index in [1.807, 2.05) is 7.05 Å². The zero-order chi connectivity index (χ0) is 10.1. The number of amides is 1. The number of alkyl halides is 3. The summed E-state index contributed by atoms with van der Waals surface area (Å²) in [6.45, 7) is 1.57. The topological polar surface area (TPSA) is 24.8 Å². The van der Waals surface area contributed by atoms with E-state index < -0.39 is 12.1 Å². The van der Waals surface area contributed by atoms with Gasteiger partial charge in [0.2, 0.25) is 0 Å². The van der Waals surface area contributed by atoms with Gasteiger partial charge in [-0.05, 0) is 0 Å². The number of nitrogens with one attached hydrogen (secondary N) is 1. The molecule has 1 aliphatic heterocycles. The molecule has 1 fully saturated rings. The normalized spacial score (nSPS) is 20.5. The Hall–Kier alpha value is -0.780. The molecule has 1 N–H and O–H groups in total. The second-order valence-corrected chi connectivity index (χ2v) is 3.25. The molecular weight excluding hydrogens is 185 g/mol. The van der Waals surface area contributed by atoms with Crippen molar-refractivity contribution in [2.45, 2.75) is 6.18 Å².